The predicted octanol–water partition coefficient (Wildman–Crippen LogP) is 3.93. The molecule has 1 N–H and O–H groups in total. The van der Waals surface area contributed by atoms with Crippen LogP contribution in [0.3, 0.4) is 0 Å². The Morgan fingerprint density at radius 3 is 2.41 bits per heavy atom. The van der Waals surface area contributed by atoms with Gasteiger partial charge >= 0.3 is 0 Å². The van der Waals surface area contributed by atoms with E-state index in [2.05, 4.69) is 47.2 Å². The lowest BCUT2D eigenvalue weighted by Gasteiger charge is -2.40. The lowest BCUT2D eigenvalue weighted by atomic mass is 10.0. The fourth-order valence-corrected chi connectivity index (χ4v) is 4.75. The molecule has 29 heavy (non-hydrogen) atoms. The van der Waals surface area contributed by atoms with E-state index in [9.17, 15) is 8.42 Å². The molecule has 0 amide bonds. The number of rotatable bonds is 7. The normalized spacial score (nSPS) is 18.2. The van der Waals surface area contributed by atoms with Gasteiger partial charge < -0.3 is 4.90 Å². The fraction of sp³-hybridized carbons (Fsp3) is 0.500. The standard InChI is InChI=1S/C22H32N4O2S/c1-5-12-25-13-14-26(16-18(25)4)22-11-8-20(15-23-22)24-29(27,28)21-9-6-19(7-10-21)17(2)3/h6-11,15,17-18,24H,5,12-14,16H2,1-4H3/t18-/m0/s1. The smallest absolute Gasteiger partial charge is 0.261 e. The van der Waals surface area contributed by atoms with E-state index < -0.39 is 10.0 Å². The van der Waals surface area contributed by atoms with Gasteiger partial charge in [0.1, 0.15) is 5.82 Å². The molecule has 2 aromatic rings. The summed E-state index contributed by atoms with van der Waals surface area (Å²) in [5.74, 6) is 1.25. The van der Waals surface area contributed by atoms with Crippen LogP contribution in [-0.2, 0) is 10.0 Å². The lowest BCUT2D eigenvalue weighted by molar-refractivity contribution is 0.189. The Hall–Kier alpha value is -2.12. The molecule has 0 saturated carbocycles. The van der Waals surface area contributed by atoms with Crippen LogP contribution in [0.1, 0.15) is 45.6 Å². The van der Waals surface area contributed by atoms with Gasteiger partial charge in [-0.3, -0.25) is 9.62 Å². The molecule has 0 aliphatic carbocycles. The molecule has 2 heterocycles. The van der Waals surface area contributed by atoms with Crippen LogP contribution in [0, 0.1) is 0 Å². The number of pyridine rings is 1. The van der Waals surface area contributed by atoms with Crippen LogP contribution in [-0.4, -0.2) is 50.5 Å². The first kappa shape index (κ1) is 21.6. The van der Waals surface area contributed by atoms with Crippen molar-refractivity contribution in [1.82, 2.24) is 9.88 Å². The fourth-order valence-electron chi connectivity index (χ4n) is 3.70. The first-order valence-electron chi connectivity index (χ1n) is 10.4. The molecule has 158 valence electrons. The molecule has 1 fully saturated rings. The van der Waals surface area contributed by atoms with Gasteiger partial charge in [-0.15, -0.1) is 0 Å². The Morgan fingerprint density at radius 1 is 1.14 bits per heavy atom. The molecule has 1 aliphatic rings. The molecule has 0 unspecified atom stereocenters. The van der Waals surface area contributed by atoms with Crippen molar-refractivity contribution in [3.05, 3.63) is 48.2 Å². The molecule has 0 radical (unpaired) electrons. The largest absolute Gasteiger partial charge is 0.354 e. The second-order valence-corrected chi connectivity index (χ2v) is 9.75. The Bertz CT molecular complexity index is 895. The van der Waals surface area contributed by atoms with Crippen LogP contribution >= 0.6 is 0 Å². The second-order valence-electron chi connectivity index (χ2n) is 8.07. The first-order chi connectivity index (χ1) is 13.8. The average Bonchev–Trinajstić information content (AvgIpc) is 2.70. The van der Waals surface area contributed by atoms with Crippen molar-refractivity contribution >= 4 is 21.5 Å². The van der Waals surface area contributed by atoms with Gasteiger partial charge in [-0.1, -0.05) is 32.9 Å². The molecule has 3 rings (SSSR count). The number of anilines is 2. The molecule has 1 saturated heterocycles. The summed E-state index contributed by atoms with van der Waals surface area (Å²) in [5.41, 5.74) is 1.59. The van der Waals surface area contributed by atoms with E-state index in [-0.39, 0.29) is 4.90 Å². The molecule has 0 spiro atoms. The van der Waals surface area contributed by atoms with Crippen molar-refractivity contribution in [3.63, 3.8) is 0 Å². The maximum absolute atomic E-state index is 12.7. The Kier molecular flexibility index (Phi) is 6.80. The summed E-state index contributed by atoms with van der Waals surface area (Å²) in [6.45, 7) is 12.6. The van der Waals surface area contributed by atoms with Gasteiger partial charge in [0, 0.05) is 25.7 Å². The monoisotopic (exact) mass is 416 g/mol. The summed E-state index contributed by atoms with van der Waals surface area (Å²) >= 11 is 0. The van der Waals surface area contributed by atoms with Gasteiger partial charge in [-0.25, -0.2) is 13.4 Å². The van der Waals surface area contributed by atoms with Crippen molar-refractivity contribution in [1.29, 1.82) is 0 Å². The second kappa shape index (κ2) is 9.13. The number of aromatic nitrogens is 1. The molecule has 1 atom stereocenters. The van der Waals surface area contributed by atoms with Gasteiger partial charge in [0.15, 0.2) is 0 Å². The molecule has 1 aromatic carbocycles. The molecule has 6 nitrogen and oxygen atoms in total. The quantitative estimate of drug-likeness (QED) is 0.741. The molecule has 0 bridgehead atoms. The Balaban J connectivity index is 1.66. The van der Waals surface area contributed by atoms with Gasteiger partial charge in [0.05, 0.1) is 16.8 Å². The zero-order valence-corrected chi connectivity index (χ0v) is 18.6. The molecular formula is C22H32N4O2S. The van der Waals surface area contributed by atoms with Gasteiger partial charge in [0.25, 0.3) is 10.0 Å². The third kappa shape index (κ3) is 5.28. The van der Waals surface area contributed by atoms with Crippen molar-refractivity contribution in [2.45, 2.75) is 51.0 Å². The van der Waals surface area contributed by atoms with E-state index in [1.807, 2.05) is 18.2 Å². The van der Waals surface area contributed by atoms with E-state index >= 15 is 0 Å². The van der Waals surface area contributed by atoms with E-state index in [1.54, 1.807) is 24.4 Å². The molecule has 1 aromatic heterocycles. The van der Waals surface area contributed by atoms with Crippen LogP contribution in [0.25, 0.3) is 0 Å². The molecule has 7 heteroatoms. The van der Waals surface area contributed by atoms with E-state index in [0.29, 0.717) is 17.6 Å². The zero-order valence-electron chi connectivity index (χ0n) is 17.8. The number of benzene rings is 1. The average molecular weight is 417 g/mol. The van der Waals surface area contributed by atoms with Crippen LogP contribution in [0.4, 0.5) is 11.5 Å². The van der Waals surface area contributed by atoms with Gasteiger partial charge in [0.2, 0.25) is 0 Å². The Morgan fingerprint density at radius 2 is 1.86 bits per heavy atom. The minimum absolute atomic E-state index is 0.256. The summed E-state index contributed by atoms with van der Waals surface area (Å²) in [4.78, 5) is 9.53. The minimum Gasteiger partial charge on any atom is -0.354 e. The first-order valence-corrected chi connectivity index (χ1v) is 11.9. The Labute approximate surface area is 175 Å². The number of sulfonamides is 1. The molecular weight excluding hydrogens is 384 g/mol. The number of piperazine rings is 1. The maximum Gasteiger partial charge on any atom is 0.261 e. The van der Waals surface area contributed by atoms with Crippen molar-refractivity contribution < 1.29 is 8.42 Å². The SMILES string of the molecule is CCCN1CCN(c2ccc(NS(=O)(=O)c3ccc(C(C)C)cc3)cn2)C[C@@H]1C. The number of hydrogen-bond acceptors (Lipinski definition) is 5. The highest BCUT2D eigenvalue weighted by Gasteiger charge is 2.23. The van der Waals surface area contributed by atoms with Crippen LogP contribution in [0.5, 0.6) is 0 Å². The van der Waals surface area contributed by atoms with Gasteiger partial charge in [-0.2, -0.15) is 0 Å². The van der Waals surface area contributed by atoms with Gasteiger partial charge in [-0.05, 0) is 55.6 Å². The maximum atomic E-state index is 12.7. The van der Waals surface area contributed by atoms with E-state index in [4.69, 9.17) is 0 Å². The van der Waals surface area contributed by atoms with Crippen LogP contribution < -0.4 is 9.62 Å². The predicted molar refractivity (Wildman–Crippen MR) is 119 cm³/mol. The van der Waals surface area contributed by atoms with Crippen molar-refractivity contribution in [2.75, 3.05) is 35.8 Å². The highest BCUT2D eigenvalue weighted by molar-refractivity contribution is 7.92. The summed E-state index contributed by atoms with van der Waals surface area (Å²) in [6, 6.07) is 11.2. The van der Waals surface area contributed by atoms with Crippen LogP contribution in [0.2, 0.25) is 0 Å². The van der Waals surface area contributed by atoms with Crippen LogP contribution in [0.15, 0.2) is 47.5 Å². The highest BCUT2D eigenvalue weighted by atomic mass is 32.2. The summed E-state index contributed by atoms with van der Waals surface area (Å²) in [7, 11) is -3.63. The minimum atomic E-state index is -3.63. The van der Waals surface area contributed by atoms with Crippen molar-refractivity contribution in [2.24, 2.45) is 0 Å². The summed E-state index contributed by atoms with van der Waals surface area (Å²) in [5, 5.41) is 0. The van der Waals surface area contributed by atoms with E-state index in [0.717, 1.165) is 44.0 Å². The zero-order chi connectivity index (χ0) is 21.0. The lowest BCUT2D eigenvalue weighted by Crippen LogP contribution is -2.52. The third-order valence-electron chi connectivity index (χ3n) is 5.46. The number of nitrogens with zero attached hydrogens (tertiary/aromatic N) is 3. The molecule has 1 aliphatic heterocycles. The summed E-state index contributed by atoms with van der Waals surface area (Å²) < 4.78 is 27.9. The van der Waals surface area contributed by atoms with Crippen molar-refractivity contribution in [3.8, 4) is 0 Å². The number of hydrogen-bond donors (Lipinski definition) is 1. The topological polar surface area (TPSA) is 65.5 Å². The van der Waals surface area contributed by atoms with E-state index in [1.165, 1.54) is 0 Å². The third-order valence-corrected chi connectivity index (χ3v) is 6.85. The number of nitrogens with one attached hydrogen (secondary N) is 1. The highest BCUT2D eigenvalue weighted by Crippen LogP contribution is 2.22. The summed E-state index contributed by atoms with van der Waals surface area (Å²) in [6.07, 6.45) is 2.76.